The Morgan fingerprint density at radius 3 is 2.26 bits per heavy atom. The molecule has 0 unspecified atom stereocenters. The molecule has 0 aliphatic heterocycles. The summed E-state index contributed by atoms with van der Waals surface area (Å²) in [6.45, 7) is -3.41. The van der Waals surface area contributed by atoms with Crippen LogP contribution >= 0.6 is 0 Å². The zero-order chi connectivity index (χ0) is 23.1. The van der Waals surface area contributed by atoms with E-state index in [0.29, 0.717) is 0 Å². The van der Waals surface area contributed by atoms with Gasteiger partial charge in [-0.3, -0.25) is 10.2 Å². The SMILES string of the molecule is O=C(N/C=N\Nc1ccccc1F)c1cc(OCC(F)(F)F)ccc1OCC(F)(F)F. The summed E-state index contributed by atoms with van der Waals surface area (Å²) in [4.78, 5) is 12.3. The molecule has 2 aromatic rings. The number of carbonyl (C=O) groups is 1. The van der Waals surface area contributed by atoms with E-state index in [1.165, 1.54) is 18.2 Å². The first-order valence-corrected chi connectivity index (χ1v) is 8.31. The van der Waals surface area contributed by atoms with E-state index in [2.05, 4.69) is 25.3 Å². The first kappa shape index (κ1) is 23.8. The average Bonchev–Trinajstić information content (AvgIpc) is 2.68. The molecule has 6 nitrogen and oxygen atoms in total. The van der Waals surface area contributed by atoms with Gasteiger partial charge in [0.15, 0.2) is 13.2 Å². The Morgan fingerprint density at radius 1 is 0.968 bits per heavy atom. The molecular weight excluding hydrogens is 439 g/mol. The van der Waals surface area contributed by atoms with Gasteiger partial charge in [0, 0.05) is 0 Å². The first-order valence-electron chi connectivity index (χ1n) is 8.31. The summed E-state index contributed by atoms with van der Waals surface area (Å²) >= 11 is 0. The van der Waals surface area contributed by atoms with Gasteiger partial charge in [0.25, 0.3) is 5.91 Å². The summed E-state index contributed by atoms with van der Waals surface area (Å²) in [5.41, 5.74) is 1.71. The second kappa shape index (κ2) is 10.00. The highest BCUT2D eigenvalue weighted by atomic mass is 19.4. The standard InChI is InChI=1S/C18H14F7N3O3/c19-13-3-1-2-4-14(13)28-27-10-26-16(29)12-7-11(30-8-17(20,21)22)5-6-15(12)31-9-18(23,24)25/h1-7,10,28H,8-9H2,(H,26,27,29). The van der Waals surface area contributed by atoms with Crippen LogP contribution in [-0.4, -0.2) is 37.8 Å². The number of para-hydroxylation sites is 1. The first-order chi connectivity index (χ1) is 14.4. The van der Waals surface area contributed by atoms with Gasteiger partial charge in [0.05, 0.1) is 11.3 Å². The lowest BCUT2D eigenvalue weighted by Gasteiger charge is -2.15. The topological polar surface area (TPSA) is 72.0 Å². The van der Waals surface area contributed by atoms with Crippen molar-refractivity contribution in [2.24, 2.45) is 5.10 Å². The molecule has 0 fully saturated rings. The number of rotatable bonds is 8. The molecule has 0 saturated carbocycles. The largest absolute Gasteiger partial charge is 0.484 e. The van der Waals surface area contributed by atoms with Crippen LogP contribution < -0.4 is 20.2 Å². The van der Waals surface area contributed by atoms with E-state index < -0.39 is 54.4 Å². The smallest absolute Gasteiger partial charge is 0.422 e. The third-order valence-electron chi connectivity index (χ3n) is 3.31. The summed E-state index contributed by atoms with van der Waals surface area (Å²) < 4.78 is 96.6. The van der Waals surface area contributed by atoms with E-state index in [0.717, 1.165) is 30.6 Å². The summed E-state index contributed by atoms with van der Waals surface area (Å²) in [6.07, 6.45) is -8.62. The molecule has 0 radical (unpaired) electrons. The Morgan fingerprint density at radius 2 is 1.61 bits per heavy atom. The Hall–Kier alpha value is -3.51. The van der Waals surface area contributed by atoms with Gasteiger partial charge in [0.1, 0.15) is 23.7 Å². The second-order valence-corrected chi connectivity index (χ2v) is 5.79. The summed E-state index contributed by atoms with van der Waals surface area (Å²) in [7, 11) is 0. The van der Waals surface area contributed by atoms with Gasteiger partial charge >= 0.3 is 12.4 Å². The molecule has 0 aliphatic rings. The van der Waals surface area contributed by atoms with Crippen LogP contribution in [0.15, 0.2) is 47.6 Å². The maximum atomic E-state index is 13.4. The molecule has 2 N–H and O–H groups in total. The number of hydrogen-bond donors (Lipinski definition) is 2. The van der Waals surface area contributed by atoms with Crippen molar-refractivity contribution in [3.05, 3.63) is 53.8 Å². The predicted molar refractivity (Wildman–Crippen MR) is 95.5 cm³/mol. The van der Waals surface area contributed by atoms with E-state index >= 15 is 0 Å². The van der Waals surface area contributed by atoms with Gasteiger partial charge in [-0.2, -0.15) is 31.4 Å². The zero-order valence-corrected chi connectivity index (χ0v) is 15.4. The van der Waals surface area contributed by atoms with E-state index in [1.807, 2.05) is 0 Å². The second-order valence-electron chi connectivity index (χ2n) is 5.79. The number of hydrazone groups is 1. The number of alkyl halides is 6. The minimum absolute atomic E-state index is 0.0234. The molecule has 0 heterocycles. The molecule has 0 saturated heterocycles. The maximum absolute atomic E-state index is 13.4. The number of ether oxygens (including phenoxy) is 2. The Labute approximate surface area is 170 Å². The van der Waals surface area contributed by atoms with Crippen LogP contribution in [-0.2, 0) is 0 Å². The third kappa shape index (κ3) is 8.40. The fourth-order valence-electron chi connectivity index (χ4n) is 2.05. The summed E-state index contributed by atoms with van der Waals surface area (Å²) in [6, 6.07) is 8.00. The lowest BCUT2D eigenvalue weighted by Crippen LogP contribution is -2.25. The third-order valence-corrected chi connectivity index (χ3v) is 3.31. The molecule has 31 heavy (non-hydrogen) atoms. The number of carbonyl (C=O) groups excluding carboxylic acids is 1. The quantitative estimate of drug-likeness (QED) is 0.267. The molecular formula is C18H14F7N3O3. The van der Waals surface area contributed by atoms with Gasteiger partial charge in [-0.15, -0.1) is 0 Å². The van der Waals surface area contributed by atoms with Gasteiger partial charge in [0.2, 0.25) is 0 Å². The van der Waals surface area contributed by atoms with Crippen molar-refractivity contribution in [2.45, 2.75) is 12.4 Å². The average molecular weight is 453 g/mol. The number of amides is 1. The van der Waals surface area contributed by atoms with E-state index in [-0.39, 0.29) is 5.69 Å². The van der Waals surface area contributed by atoms with Crippen LogP contribution in [0.5, 0.6) is 11.5 Å². The summed E-state index contributed by atoms with van der Waals surface area (Å²) in [5, 5.41) is 5.60. The van der Waals surface area contributed by atoms with Crippen LogP contribution in [0, 0.1) is 5.82 Å². The summed E-state index contributed by atoms with van der Waals surface area (Å²) in [5.74, 6) is -2.68. The van der Waals surface area contributed by atoms with Crippen molar-refractivity contribution >= 4 is 17.9 Å². The Balaban J connectivity index is 2.13. The fraction of sp³-hybridized carbons (Fsp3) is 0.222. The van der Waals surface area contributed by atoms with Crippen molar-refractivity contribution < 1.29 is 45.0 Å². The highest BCUT2D eigenvalue weighted by molar-refractivity contribution is 6.03. The maximum Gasteiger partial charge on any atom is 0.422 e. The van der Waals surface area contributed by atoms with Gasteiger partial charge in [-0.1, -0.05) is 12.1 Å². The normalized spacial score (nSPS) is 12.0. The van der Waals surface area contributed by atoms with E-state index in [1.54, 1.807) is 0 Å². The van der Waals surface area contributed by atoms with Gasteiger partial charge < -0.3 is 14.8 Å². The van der Waals surface area contributed by atoms with Gasteiger partial charge in [-0.05, 0) is 30.3 Å². The van der Waals surface area contributed by atoms with Crippen molar-refractivity contribution in [1.82, 2.24) is 5.32 Å². The minimum Gasteiger partial charge on any atom is -0.484 e. The lowest BCUT2D eigenvalue weighted by atomic mass is 10.1. The molecule has 2 aromatic carbocycles. The lowest BCUT2D eigenvalue weighted by molar-refractivity contribution is -0.154. The van der Waals surface area contributed by atoms with Crippen LogP contribution in [0.3, 0.4) is 0 Å². The molecule has 1 amide bonds. The Bertz CT molecular complexity index is 930. The molecule has 0 atom stereocenters. The molecule has 0 aromatic heterocycles. The van der Waals surface area contributed by atoms with Crippen molar-refractivity contribution in [3.63, 3.8) is 0 Å². The monoisotopic (exact) mass is 453 g/mol. The van der Waals surface area contributed by atoms with E-state index in [9.17, 15) is 35.5 Å². The predicted octanol–water partition coefficient (Wildman–Crippen LogP) is 4.49. The fourth-order valence-corrected chi connectivity index (χ4v) is 2.05. The molecule has 0 aliphatic carbocycles. The molecule has 13 heteroatoms. The van der Waals surface area contributed by atoms with Crippen LogP contribution in [0.4, 0.5) is 36.4 Å². The van der Waals surface area contributed by atoms with Crippen molar-refractivity contribution in [2.75, 3.05) is 18.6 Å². The van der Waals surface area contributed by atoms with E-state index in [4.69, 9.17) is 0 Å². The number of hydrogen-bond acceptors (Lipinski definition) is 5. The number of nitrogens with one attached hydrogen (secondary N) is 2. The number of halogens is 7. The van der Waals surface area contributed by atoms with Crippen LogP contribution in [0.2, 0.25) is 0 Å². The van der Waals surface area contributed by atoms with Crippen LogP contribution in [0.1, 0.15) is 10.4 Å². The number of nitrogens with zero attached hydrogens (tertiary/aromatic N) is 1. The molecule has 2 rings (SSSR count). The zero-order valence-electron chi connectivity index (χ0n) is 15.4. The number of benzene rings is 2. The number of anilines is 1. The van der Waals surface area contributed by atoms with Gasteiger partial charge in [-0.25, -0.2) is 4.39 Å². The van der Waals surface area contributed by atoms with Crippen LogP contribution in [0.25, 0.3) is 0 Å². The molecule has 0 spiro atoms. The van der Waals surface area contributed by atoms with Crippen molar-refractivity contribution in [3.8, 4) is 11.5 Å². The Kier molecular flexibility index (Phi) is 7.67. The molecule has 168 valence electrons. The highest BCUT2D eigenvalue weighted by Crippen LogP contribution is 2.27. The minimum atomic E-state index is -4.72. The van der Waals surface area contributed by atoms with Crippen molar-refractivity contribution in [1.29, 1.82) is 0 Å². The highest BCUT2D eigenvalue weighted by Gasteiger charge is 2.30. The molecule has 0 bridgehead atoms.